The van der Waals surface area contributed by atoms with Gasteiger partial charge < -0.3 is 10.2 Å². The molecular weight excluding hydrogens is 304 g/mol. The van der Waals surface area contributed by atoms with Crippen LogP contribution < -0.4 is 10.2 Å². The van der Waals surface area contributed by atoms with Crippen LogP contribution in [0.5, 0.6) is 0 Å². The van der Waals surface area contributed by atoms with E-state index in [1.165, 1.54) is 6.92 Å². The molecule has 2 aromatic carbocycles. The van der Waals surface area contributed by atoms with Crippen molar-refractivity contribution in [3.8, 4) is 0 Å². The Bertz CT molecular complexity index is 842. The lowest BCUT2D eigenvalue weighted by Gasteiger charge is -2.11. The Labute approximate surface area is 140 Å². The molecule has 0 atom stereocenters. The molecule has 0 bridgehead atoms. The number of carbonyl (C=O) groups is 3. The van der Waals surface area contributed by atoms with E-state index in [4.69, 9.17) is 0 Å². The van der Waals surface area contributed by atoms with Crippen LogP contribution in [0.1, 0.15) is 28.4 Å². The number of fused-ring (bicyclic) bond motifs is 1. The van der Waals surface area contributed by atoms with Crippen LogP contribution in [-0.2, 0) is 22.4 Å². The zero-order valence-electron chi connectivity index (χ0n) is 13.6. The average Bonchev–Trinajstić information content (AvgIpc) is 2.81. The molecular formula is C19H18N2O3. The number of carbonyl (C=O) groups excluding carboxylic acids is 3. The summed E-state index contributed by atoms with van der Waals surface area (Å²) in [4.78, 5) is 37.0. The van der Waals surface area contributed by atoms with Crippen LogP contribution in [0, 0.1) is 0 Å². The second-order valence-corrected chi connectivity index (χ2v) is 5.95. The van der Waals surface area contributed by atoms with Crippen LogP contribution in [0.2, 0.25) is 0 Å². The summed E-state index contributed by atoms with van der Waals surface area (Å²) in [6, 6.07) is 12.5. The molecule has 122 valence electrons. The highest BCUT2D eigenvalue weighted by molar-refractivity contribution is 6.01. The van der Waals surface area contributed by atoms with E-state index >= 15 is 0 Å². The van der Waals surface area contributed by atoms with E-state index in [-0.39, 0.29) is 24.0 Å². The summed E-state index contributed by atoms with van der Waals surface area (Å²) in [6.07, 6.45) is 0.595. The quantitative estimate of drug-likeness (QED) is 0.880. The molecule has 1 heterocycles. The minimum absolute atomic E-state index is 0.0430. The van der Waals surface area contributed by atoms with Gasteiger partial charge in [0.2, 0.25) is 11.8 Å². The molecule has 1 aliphatic heterocycles. The van der Waals surface area contributed by atoms with Crippen LogP contribution in [0.25, 0.3) is 0 Å². The number of rotatable bonds is 4. The van der Waals surface area contributed by atoms with Gasteiger partial charge in [0.05, 0.1) is 12.8 Å². The molecule has 0 saturated heterocycles. The maximum atomic E-state index is 12.2. The Hall–Kier alpha value is -2.95. The summed E-state index contributed by atoms with van der Waals surface area (Å²) in [5.74, 6) is -0.139. The zero-order chi connectivity index (χ0) is 17.3. The highest BCUT2D eigenvalue weighted by Gasteiger charge is 2.24. The van der Waals surface area contributed by atoms with Gasteiger partial charge in [0.15, 0.2) is 5.78 Å². The maximum Gasteiger partial charge on any atom is 0.231 e. The Morgan fingerprint density at radius 1 is 1.17 bits per heavy atom. The van der Waals surface area contributed by atoms with E-state index in [2.05, 4.69) is 5.32 Å². The fourth-order valence-electron chi connectivity index (χ4n) is 2.84. The highest BCUT2D eigenvalue weighted by atomic mass is 16.2. The third-order valence-corrected chi connectivity index (χ3v) is 4.14. The van der Waals surface area contributed by atoms with Crippen molar-refractivity contribution in [3.05, 3.63) is 59.2 Å². The molecule has 0 saturated carbocycles. The van der Waals surface area contributed by atoms with Crippen LogP contribution in [-0.4, -0.2) is 24.6 Å². The first-order chi connectivity index (χ1) is 11.4. The summed E-state index contributed by atoms with van der Waals surface area (Å²) in [5, 5.41) is 2.80. The number of hydrogen-bond donors (Lipinski definition) is 1. The molecule has 3 rings (SSSR count). The van der Waals surface area contributed by atoms with Gasteiger partial charge in [-0.3, -0.25) is 14.4 Å². The SMILES string of the molecule is CC(=O)c1cccc(NC(=O)Cc2ccc3c(c2)CC(=O)N3C)c1. The van der Waals surface area contributed by atoms with Gasteiger partial charge >= 0.3 is 0 Å². The summed E-state index contributed by atoms with van der Waals surface area (Å²) in [7, 11) is 1.75. The van der Waals surface area contributed by atoms with E-state index in [0.717, 1.165) is 16.8 Å². The van der Waals surface area contributed by atoms with Gasteiger partial charge in [-0.25, -0.2) is 0 Å². The standard InChI is InChI=1S/C19H18N2O3/c1-12(22)14-4-3-5-16(10-14)20-18(23)9-13-6-7-17-15(8-13)11-19(24)21(17)2/h3-8,10H,9,11H2,1-2H3,(H,20,23). The van der Waals surface area contributed by atoms with Crippen molar-refractivity contribution in [3.63, 3.8) is 0 Å². The molecule has 0 unspecified atom stereocenters. The van der Waals surface area contributed by atoms with E-state index in [1.54, 1.807) is 36.2 Å². The van der Waals surface area contributed by atoms with E-state index < -0.39 is 0 Å². The van der Waals surface area contributed by atoms with Crippen LogP contribution in [0.4, 0.5) is 11.4 Å². The Morgan fingerprint density at radius 3 is 2.71 bits per heavy atom. The molecule has 0 aliphatic carbocycles. The summed E-state index contributed by atoms with van der Waals surface area (Å²) < 4.78 is 0. The van der Waals surface area contributed by atoms with E-state index in [9.17, 15) is 14.4 Å². The molecule has 1 N–H and O–H groups in total. The minimum Gasteiger partial charge on any atom is -0.326 e. The average molecular weight is 322 g/mol. The third-order valence-electron chi connectivity index (χ3n) is 4.14. The largest absolute Gasteiger partial charge is 0.326 e. The van der Waals surface area contributed by atoms with Crippen molar-refractivity contribution in [2.45, 2.75) is 19.8 Å². The van der Waals surface area contributed by atoms with Crippen molar-refractivity contribution < 1.29 is 14.4 Å². The van der Waals surface area contributed by atoms with Crippen molar-refractivity contribution in [2.75, 3.05) is 17.3 Å². The molecule has 0 fully saturated rings. The van der Waals surface area contributed by atoms with Crippen LogP contribution in [0.3, 0.4) is 0 Å². The van der Waals surface area contributed by atoms with E-state index in [0.29, 0.717) is 17.7 Å². The number of likely N-dealkylation sites (N-methyl/N-ethyl adjacent to an activating group) is 1. The predicted molar refractivity (Wildman–Crippen MR) is 92.3 cm³/mol. The number of hydrogen-bond acceptors (Lipinski definition) is 3. The second kappa shape index (κ2) is 6.28. The lowest BCUT2D eigenvalue weighted by molar-refractivity contribution is -0.117. The van der Waals surface area contributed by atoms with Gasteiger partial charge in [0.25, 0.3) is 0 Å². The topological polar surface area (TPSA) is 66.5 Å². The number of anilines is 2. The number of benzene rings is 2. The molecule has 2 amide bonds. The van der Waals surface area contributed by atoms with Gasteiger partial charge in [-0.05, 0) is 36.2 Å². The highest BCUT2D eigenvalue weighted by Crippen LogP contribution is 2.28. The van der Waals surface area contributed by atoms with Crippen LogP contribution in [0.15, 0.2) is 42.5 Å². The fraction of sp³-hybridized carbons (Fsp3) is 0.211. The van der Waals surface area contributed by atoms with Gasteiger partial charge in [-0.15, -0.1) is 0 Å². The predicted octanol–water partition coefficient (Wildman–Crippen LogP) is 2.59. The lowest BCUT2D eigenvalue weighted by Crippen LogP contribution is -2.20. The van der Waals surface area contributed by atoms with Crippen LogP contribution >= 0.6 is 0 Å². The molecule has 5 nitrogen and oxygen atoms in total. The molecule has 0 radical (unpaired) electrons. The molecule has 0 spiro atoms. The number of Topliss-reactive ketones (excluding diaryl/α,β-unsaturated/α-hetero) is 1. The smallest absolute Gasteiger partial charge is 0.231 e. The Morgan fingerprint density at radius 2 is 1.96 bits per heavy atom. The molecule has 24 heavy (non-hydrogen) atoms. The first-order valence-corrected chi connectivity index (χ1v) is 7.73. The summed E-state index contributed by atoms with van der Waals surface area (Å²) >= 11 is 0. The minimum atomic E-state index is -0.159. The number of nitrogens with one attached hydrogen (secondary N) is 1. The fourth-order valence-corrected chi connectivity index (χ4v) is 2.84. The Balaban J connectivity index is 1.70. The molecule has 2 aromatic rings. The zero-order valence-corrected chi connectivity index (χ0v) is 13.6. The maximum absolute atomic E-state index is 12.2. The number of nitrogens with zero attached hydrogens (tertiary/aromatic N) is 1. The van der Waals surface area contributed by atoms with Gasteiger partial charge in [-0.1, -0.05) is 24.3 Å². The van der Waals surface area contributed by atoms with Crippen molar-refractivity contribution in [1.82, 2.24) is 0 Å². The molecule has 5 heteroatoms. The summed E-state index contributed by atoms with van der Waals surface area (Å²) in [6.45, 7) is 1.49. The lowest BCUT2D eigenvalue weighted by atomic mass is 10.1. The van der Waals surface area contributed by atoms with Crippen molar-refractivity contribution >= 4 is 29.0 Å². The van der Waals surface area contributed by atoms with E-state index in [1.807, 2.05) is 18.2 Å². The molecule has 1 aliphatic rings. The number of ketones is 1. The van der Waals surface area contributed by atoms with Crippen molar-refractivity contribution in [2.24, 2.45) is 0 Å². The first-order valence-electron chi connectivity index (χ1n) is 7.73. The van der Waals surface area contributed by atoms with Gasteiger partial charge in [0.1, 0.15) is 0 Å². The first kappa shape index (κ1) is 15.9. The normalized spacial score (nSPS) is 12.9. The monoisotopic (exact) mass is 322 g/mol. The van der Waals surface area contributed by atoms with Crippen molar-refractivity contribution in [1.29, 1.82) is 0 Å². The second-order valence-electron chi connectivity index (χ2n) is 5.95. The third kappa shape index (κ3) is 3.20. The Kier molecular flexibility index (Phi) is 4.16. The van der Waals surface area contributed by atoms with Gasteiger partial charge in [-0.2, -0.15) is 0 Å². The van der Waals surface area contributed by atoms with Gasteiger partial charge in [0, 0.05) is 24.0 Å². The summed E-state index contributed by atoms with van der Waals surface area (Å²) in [5.41, 5.74) is 3.87. The molecule has 0 aromatic heterocycles. The number of amides is 2.